The van der Waals surface area contributed by atoms with Crippen LogP contribution in [-0.2, 0) is 21.0 Å². The van der Waals surface area contributed by atoms with E-state index in [0.29, 0.717) is 23.0 Å². The number of carbonyl (C=O) groups is 1. The van der Waals surface area contributed by atoms with Gasteiger partial charge in [-0.3, -0.25) is 14.5 Å². The molecule has 0 saturated carbocycles. The summed E-state index contributed by atoms with van der Waals surface area (Å²) < 4.78 is 45.9. The maximum Gasteiger partial charge on any atom is 0.246 e. The van der Waals surface area contributed by atoms with Gasteiger partial charge in [-0.05, 0) is 59.7 Å². The first kappa shape index (κ1) is 23.9. The molecule has 12 heteroatoms. The lowest BCUT2D eigenvalue weighted by atomic mass is 10.1. The third-order valence-electron chi connectivity index (χ3n) is 5.22. The molecule has 1 atom stereocenters. The molecule has 1 amide bonds. The van der Waals surface area contributed by atoms with E-state index >= 15 is 8.87 Å². The van der Waals surface area contributed by atoms with Crippen LogP contribution >= 0.6 is 22.6 Å². The molecule has 2 aromatic carbocycles. The maximum atomic E-state index is 15.4. The molecule has 2 N–H and O–H groups in total. The van der Waals surface area contributed by atoms with E-state index in [1.54, 1.807) is 6.07 Å². The van der Waals surface area contributed by atoms with Gasteiger partial charge in [-0.2, -0.15) is 5.12 Å². The highest BCUT2D eigenvalue weighted by Crippen LogP contribution is 2.43. The summed E-state index contributed by atoms with van der Waals surface area (Å²) in [4.78, 5) is 23.1. The molecule has 4 rings (SSSR count). The average molecular weight is 578 g/mol. The van der Waals surface area contributed by atoms with Gasteiger partial charge in [-0.25, -0.2) is 18.9 Å². The second-order valence-electron chi connectivity index (χ2n) is 7.46. The summed E-state index contributed by atoms with van der Waals surface area (Å²) in [6, 6.07) is 7.18. The normalized spacial score (nSPS) is 18.5. The lowest BCUT2D eigenvalue weighted by Crippen LogP contribution is -2.46. The molecule has 1 fully saturated rings. The first-order valence-corrected chi connectivity index (χ1v) is 11.4. The molecular formula is C21H22F3IN4O4. The zero-order valence-corrected chi connectivity index (χ0v) is 19.6. The van der Waals surface area contributed by atoms with Gasteiger partial charge in [0.25, 0.3) is 0 Å². The Kier molecular flexibility index (Phi) is 7.46. The van der Waals surface area contributed by atoms with Crippen molar-refractivity contribution in [2.45, 2.75) is 32.1 Å². The number of halogens is 4. The zero-order valence-electron chi connectivity index (χ0n) is 17.4. The van der Waals surface area contributed by atoms with Crippen LogP contribution < -0.4 is 15.5 Å². The van der Waals surface area contributed by atoms with Crippen LogP contribution in [0.4, 0.5) is 30.3 Å². The molecule has 8 nitrogen and oxygen atoms in total. The predicted molar refractivity (Wildman–Crippen MR) is 122 cm³/mol. The number of aliphatic hydroxyl groups excluding tert-OH is 1. The van der Waals surface area contributed by atoms with Crippen molar-refractivity contribution >= 4 is 45.6 Å². The second kappa shape index (κ2) is 10.3. The molecule has 0 radical (unpaired) electrons. The maximum absolute atomic E-state index is 15.4. The van der Waals surface area contributed by atoms with Crippen LogP contribution in [0.2, 0.25) is 0 Å². The van der Waals surface area contributed by atoms with E-state index in [4.69, 9.17) is 14.8 Å². The van der Waals surface area contributed by atoms with Crippen molar-refractivity contribution in [3.63, 3.8) is 0 Å². The molecule has 0 aliphatic carbocycles. The Labute approximate surface area is 201 Å². The number of carbonyl (C=O) groups excluding carboxylic acids is 1. The highest BCUT2D eigenvalue weighted by atomic mass is 127. The molecule has 1 unspecified atom stereocenters. The van der Waals surface area contributed by atoms with Gasteiger partial charge in [-0.1, -0.05) is 10.5 Å². The predicted octanol–water partition coefficient (Wildman–Crippen LogP) is 3.84. The van der Waals surface area contributed by atoms with Crippen LogP contribution in [0.3, 0.4) is 0 Å². The Bertz CT molecular complexity index is 1030. The number of hydrogen-bond acceptors (Lipinski definition) is 7. The molecule has 178 valence electrons. The number of benzene rings is 2. The van der Waals surface area contributed by atoms with E-state index in [1.807, 2.05) is 22.6 Å². The molecule has 0 spiro atoms. The topological polar surface area (TPSA) is 77.5 Å². The van der Waals surface area contributed by atoms with Crippen molar-refractivity contribution in [2.24, 2.45) is 0 Å². The first-order valence-electron chi connectivity index (χ1n) is 10.3. The molecule has 2 aliphatic heterocycles. The smallest absolute Gasteiger partial charge is 0.246 e. The van der Waals surface area contributed by atoms with E-state index in [9.17, 15) is 9.18 Å². The molecule has 2 heterocycles. The SMILES string of the molecule is O=C1CCCCON1Cc1ccc2c(c1F)N(F)C(Nc1ccc(I)cc1F)N2OCCO. The summed E-state index contributed by atoms with van der Waals surface area (Å²) in [6.45, 7) is -0.408. The van der Waals surface area contributed by atoms with Gasteiger partial charge in [0.1, 0.15) is 11.5 Å². The van der Waals surface area contributed by atoms with Crippen molar-refractivity contribution in [3.8, 4) is 0 Å². The van der Waals surface area contributed by atoms with Crippen LogP contribution in [0.5, 0.6) is 0 Å². The fourth-order valence-electron chi connectivity index (χ4n) is 3.62. The van der Waals surface area contributed by atoms with Crippen LogP contribution in [-0.4, -0.2) is 42.2 Å². The monoisotopic (exact) mass is 578 g/mol. The summed E-state index contributed by atoms with van der Waals surface area (Å²) in [5.41, 5.74) is -0.359. The average Bonchev–Trinajstić information content (AvgIpc) is 2.90. The Morgan fingerprint density at radius 3 is 2.82 bits per heavy atom. The van der Waals surface area contributed by atoms with Gasteiger partial charge >= 0.3 is 0 Å². The summed E-state index contributed by atoms with van der Waals surface area (Å²) in [5, 5.41) is 14.0. The van der Waals surface area contributed by atoms with Crippen molar-refractivity contribution in [2.75, 3.05) is 35.3 Å². The highest BCUT2D eigenvalue weighted by Gasteiger charge is 2.41. The van der Waals surface area contributed by atoms with Gasteiger partial charge < -0.3 is 10.4 Å². The Morgan fingerprint density at radius 2 is 2.06 bits per heavy atom. The number of fused-ring (bicyclic) bond motifs is 1. The second-order valence-corrected chi connectivity index (χ2v) is 8.71. The van der Waals surface area contributed by atoms with Gasteiger partial charge in [-0.15, -0.1) is 0 Å². The Morgan fingerprint density at radius 1 is 1.24 bits per heavy atom. The summed E-state index contributed by atoms with van der Waals surface area (Å²) in [7, 11) is 0. The quantitative estimate of drug-likeness (QED) is 0.382. The third kappa shape index (κ3) is 4.98. The number of aliphatic hydroxyl groups is 1. The number of amides is 1. The van der Waals surface area contributed by atoms with Gasteiger partial charge in [0.05, 0.1) is 37.7 Å². The minimum atomic E-state index is -1.44. The number of hydrogen-bond donors (Lipinski definition) is 2. The molecule has 0 bridgehead atoms. The van der Waals surface area contributed by atoms with E-state index < -0.39 is 23.6 Å². The van der Waals surface area contributed by atoms with Gasteiger partial charge in [0.2, 0.25) is 12.2 Å². The summed E-state index contributed by atoms with van der Waals surface area (Å²) in [6.07, 6.45) is 0.243. The fraction of sp³-hybridized carbons (Fsp3) is 0.381. The Hall–Kier alpha value is -2.29. The molecule has 1 saturated heterocycles. The molecule has 0 aromatic heterocycles. The van der Waals surface area contributed by atoms with E-state index in [2.05, 4.69) is 5.32 Å². The molecule has 2 aliphatic rings. The van der Waals surface area contributed by atoms with E-state index in [0.717, 1.165) is 10.1 Å². The zero-order chi connectivity index (χ0) is 23.5. The van der Waals surface area contributed by atoms with Gasteiger partial charge in [0, 0.05) is 15.6 Å². The van der Waals surface area contributed by atoms with Crippen molar-refractivity contribution in [1.82, 2.24) is 5.06 Å². The summed E-state index contributed by atoms with van der Waals surface area (Å²) >= 11 is 1.94. The van der Waals surface area contributed by atoms with Crippen molar-refractivity contribution in [3.05, 3.63) is 51.1 Å². The lowest BCUT2D eigenvalue weighted by Gasteiger charge is -2.28. The minimum absolute atomic E-state index is 0.0161. The number of nitrogens with one attached hydrogen (secondary N) is 1. The minimum Gasteiger partial charge on any atom is -0.394 e. The Balaban J connectivity index is 1.64. The van der Waals surface area contributed by atoms with Crippen LogP contribution in [0.1, 0.15) is 24.8 Å². The number of anilines is 3. The highest BCUT2D eigenvalue weighted by molar-refractivity contribution is 14.1. The largest absolute Gasteiger partial charge is 0.394 e. The number of hydroxylamine groups is 3. The third-order valence-corrected chi connectivity index (χ3v) is 5.90. The van der Waals surface area contributed by atoms with Crippen molar-refractivity contribution in [1.29, 1.82) is 0 Å². The van der Waals surface area contributed by atoms with Crippen molar-refractivity contribution < 1.29 is 32.8 Å². The lowest BCUT2D eigenvalue weighted by molar-refractivity contribution is -0.186. The van der Waals surface area contributed by atoms with E-state index in [1.165, 1.54) is 24.3 Å². The molecule has 2 aromatic rings. The molecular weight excluding hydrogens is 556 g/mol. The number of rotatable bonds is 7. The van der Waals surface area contributed by atoms with Crippen LogP contribution in [0.25, 0.3) is 0 Å². The van der Waals surface area contributed by atoms with Crippen LogP contribution in [0, 0.1) is 15.2 Å². The summed E-state index contributed by atoms with van der Waals surface area (Å²) in [5.74, 6) is -1.79. The van der Waals surface area contributed by atoms with Gasteiger partial charge in [0.15, 0.2) is 5.82 Å². The number of nitrogens with zero attached hydrogens (tertiary/aromatic N) is 3. The van der Waals surface area contributed by atoms with E-state index in [-0.39, 0.29) is 54.1 Å². The standard InChI is InChI=1S/C21H22F3IN4O4/c22-15-11-14(25)5-6-16(15)26-21-28(24)20-17(29(21)33-10-8-30)7-4-13(19(20)23)12-27-18(31)3-1-2-9-32-27/h4-7,11,21,26,30H,1-3,8-10,12H2. The molecule has 33 heavy (non-hydrogen) atoms. The first-order chi connectivity index (χ1) is 15.9. The fourth-order valence-corrected chi connectivity index (χ4v) is 4.08. The van der Waals surface area contributed by atoms with Crippen LogP contribution in [0.15, 0.2) is 30.3 Å².